The number of rotatable bonds is 17. The second kappa shape index (κ2) is 18.9. The lowest BCUT2D eigenvalue weighted by atomic mass is 10.0. The van der Waals surface area contributed by atoms with E-state index in [0.29, 0.717) is 28.6 Å². The average molecular weight is 653 g/mol. The molecule has 0 radical (unpaired) electrons. The monoisotopic (exact) mass is 652 g/mol. The second-order valence-electron chi connectivity index (χ2n) is 12.6. The summed E-state index contributed by atoms with van der Waals surface area (Å²) >= 11 is 6.45. The van der Waals surface area contributed by atoms with Gasteiger partial charge in [0.15, 0.2) is 0 Å². The molecule has 252 valence electrons. The van der Waals surface area contributed by atoms with Gasteiger partial charge in [-0.15, -0.1) is 0 Å². The van der Waals surface area contributed by atoms with Crippen LogP contribution in [0.1, 0.15) is 104 Å². The quantitative estimate of drug-likeness (QED) is 0.0982. The molecule has 0 aliphatic carbocycles. The fraction of sp³-hybridized carbons (Fsp3) is 0.595. The SMILES string of the molecule is CCCCCCCCCCCCCCCC(=O)OC(C)OC(=O)N1C(N2CCN(C)CC2)=c2ccccc2=Nc2ccc(Cl)cc21. The number of nitrogens with zero attached hydrogens (tertiary/aromatic N) is 4. The van der Waals surface area contributed by atoms with E-state index in [4.69, 9.17) is 26.1 Å². The highest BCUT2D eigenvalue weighted by Gasteiger charge is 2.33. The third-order valence-corrected chi connectivity index (χ3v) is 9.05. The first-order valence-electron chi connectivity index (χ1n) is 17.5. The number of hydrogen-bond acceptors (Lipinski definition) is 7. The highest BCUT2D eigenvalue weighted by molar-refractivity contribution is 6.31. The Morgan fingerprint density at radius 2 is 1.43 bits per heavy atom. The summed E-state index contributed by atoms with van der Waals surface area (Å²) in [5.74, 6) is 0.329. The number of amides is 1. The largest absolute Gasteiger partial charge is 0.425 e. The number of hydrogen-bond donors (Lipinski definition) is 0. The van der Waals surface area contributed by atoms with Crippen molar-refractivity contribution in [3.8, 4) is 0 Å². The van der Waals surface area contributed by atoms with Crippen molar-refractivity contribution in [1.29, 1.82) is 0 Å². The van der Waals surface area contributed by atoms with Gasteiger partial charge in [0, 0.05) is 49.8 Å². The van der Waals surface area contributed by atoms with E-state index in [1.54, 1.807) is 30.0 Å². The van der Waals surface area contributed by atoms with Crippen LogP contribution in [0.4, 0.5) is 16.2 Å². The van der Waals surface area contributed by atoms with Crippen LogP contribution in [-0.4, -0.2) is 61.4 Å². The number of para-hydroxylation sites is 1. The van der Waals surface area contributed by atoms with Gasteiger partial charge in [-0.1, -0.05) is 108 Å². The van der Waals surface area contributed by atoms with Crippen LogP contribution < -0.4 is 15.5 Å². The Bertz CT molecular complexity index is 1390. The highest BCUT2D eigenvalue weighted by atomic mass is 35.5. The predicted molar refractivity (Wildman–Crippen MR) is 186 cm³/mol. The molecule has 2 aliphatic heterocycles. The molecule has 1 unspecified atom stereocenters. The van der Waals surface area contributed by atoms with E-state index in [-0.39, 0.29) is 5.97 Å². The molecule has 1 amide bonds. The molecule has 46 heavy (non-hydrogen) atoms. The number of anilines is 1. The van der Waals surface area contributed by atoms with Crippen molar-refractivity contribution in [1.82, 2.24) is 9.80 Å². The number of halogens is 1. The Labute approximate surface area is 280 Å². The highest BCUT2D eigenvalue weighted by Crippen LogP contribution is 2.36. The molecule has 1 atom stereocenters. The molecule has 4 rings (SSSR count). The molecule has 0 spiro atoms. The summed E-state index contributed by atoms with van der Waals surface area (Å²) in [6.45, 7) is 6.99. The molecule has 0 saturated carbocycles. The number of carbonyl (C=O) groups is 2. The summed E-state index contributed by atoms with van der Waals surface area (Å²) in [4.78, 5) is 37.5. The van der Waals surface area contributed by atoms with Crippen molar-refractivity contribution in [3.63, 3.8) is 0 Å². The zero-order chi connectivity index (χ0) is 32.7. The third kappa shape index (κ3) is 10.7. The van der Waals surface area contributed by atoms with Crippen LogP contribution in [0.5, 0.6) is 0 Å². The van der Waals surface area contributed by atoms with Gasteiger partial charge in [-0.25, -0.2) is 14.7 Å². The van der Waals surface area contributed by atoms with Crippen LogP contribution in [0.2, 0.25) is 5.02 Å². The molecule has 0 aromatic heterocycles. The topological polar surface area (TPSA) is 74.7 Å². The van der Waals surface area contributed by atoms with Crippen LogP contribution in [-0.2, 0) is 14.3 Å². The normalized spacial score (nSPS) is 15.4. The first-order chi connectivity index (χ1) is 22.4. The number of carbonyl (C=O) groups excluding carboxylic acids is 2. The Morgan fingerprint density at radius 1 is 0.826 bits per heavy atom. The average Bonchev–Trinajstić information content (AvgIpc) is 3.18. The lowest BCUT2D eigenvalue weighted by Crippen LogP contribution is -2.51. The van der Waals surface area contributed by atoms with Crippen LogP contribution in [0.25, 0.3) is 5.82 Å². The number of benzene rings is 2. The Hall–Kier alpha value is -3.10. The molecule has 2 aromatic carbocycles. The minimum atomic E-state index is -1.05. The van der Waals surface area contributed by atoms with Crippen molar-refractivity contribution in [3.05, 3.63) is 58.1 Å². The van der Waals surface area contributed by atoms with Gasteiger partial charge < -0.3 is 19.3 Å². The minimum Gasteiger partial charge on any atom is -0.425 e. The van der Waals surface area contributed by atoms with E-state index in [1.165, 1.54) is 64.2 Å². The Balaban J connectivity index is 1.31. The van der Waals surface area contributed by atoms with Crippen molar-refractivity contribution in [2.24, 2.45) is 4.99 Å². The molecular weight excluding hydrogens is 600 g/mol. The Kier molecular flexibility index (Phi) is 14.7. The minimum absolute atomic E-state index is 0.312. The molecule has 8 nitrogen and oxygen atoms in total. The van der Waals surface area contributed by atoms with Crippen LogP contribution in [0, 0.1) is 0 Å². The van der Waals surface area contributed by atoms with E-state index in [2.05, 4.69) is 23.8 Å². The number of ether oxygens (including phenoxy) is 2. The van der Waals surface area contributed by atoms with Gasteiger partial charge in [-0.3, -0.25) is 4.79 Å². The predicted octanol–water partition coefficient (Wildman–Crippen LogP) is 7.93. The molecule has 2 aromatic rings. The smallest absolute Gasteiger partial charge is 0.423 e. The lowest BCUT2D eigenvalue weighted by Gasteiger charge is -2.39. The number of piperazine rings is 1. The van der Waals surface area contributed by atoms with Crippen molar-refractivity contribution < 1.29 is 19.1 Å². The first-order valence-corrected chi connectivity index (χ1v) is 17.9. The molecule has 0 bridgehead atoms. The summed E-state index contributed by atoms with van der Waals surface area (Å²) in [6, 6.07) is 13.1. The molecular formula is C37H53ClN4O4. The van der Waals surface area contributed by atoms with Gasteiger partial charge in [0.1, 0.15) is 5.82 Å². The summed E-state index contributed by atoms with van der Waals surface area (Å²) in [5, 5.41) is 2.06. The fourth-order valence-corrected chi connectivity index (χ4v) is 6.33. The van der Waals surface area contributed by atoms with Crippen molar-refractivity contribution in [2.75, 3.05) is 38.1 Å². The number of fused-ring (bicyclic) bond motifs is 2. The van der Waals surface area contributed by atoms with Crippen LogP contribution >= 0.6 is 11.6 Å². The van der Waals surface area contributed by atoms with Gasteiger partial charge in [-0.05, 0) is 43.8 Å². The van der Waals surface area contributed by atoms with Gasteiger partial charge in [0.05, 0.1) is 16.7 Å². The number of likely N-dealkylation sites (N-methyl/N-ethyl adjacent to an activating group) is 1. The van der Waals surface area contributed by atoms with Gasteiger partial charge in [0.2, 0.25) is 6.29 Å². The number of esters is 1. The Morgan fingerprint density at radius 3 is 2.09 bits per heavy atom. The standard InChI is InChI=1S/C37H53ClN4O4/c1-4-5-6-7-8-9-10-11-12-13-14-15-16-21-35(43)45-29(2)46-37(44)42-34-28-30(38)22-23-33(34)39-32-20-18-17-19-31(32)36(42)41-26-24-40(3)25-27-41/h17-20,22-23,28-29H,4-16,21,24-27H2,1-3H3. The summed E-state index contributed by atoms with van der Waals surface area (Å²) in [7, 11) is 2.09. The van der Waals surface area contributed by atoms with Crippen molar-refractivity contribution >= 4 is 40.9 Å². The zero-order valence-electron chi connectivity index (χ0n) is 28.1. The van der Waals surface area contributed by atoms with E-state index in [0.717, 1.165) is 56.0 Å². The maximum Gasteiger partial charge on any atom is 0.423 e. The van der Waals surface area contributed by atoms with Gasteiger partial charge in [0.25, 0.3) is 0 Å². The zero-order valence-corrected chi connectivity index (χ0v) is 28.9. The van der Waals surface area contributed by atoms with Gasteiger partial charge in [-0.2, -0.15) is 0 Å². The summed E-state index contributed by atoms with van der Waals surface area (Å²) < 4.78 is 11.3. The third-order valence-electron chi connectivity index (χ3n) is 8.81. The lowest BCUT2D eigenvalue weighted by molar-refractivity contribution is -0.164. The number of unbranched alkanes of at least 4 members (excludes halogenated alkanes) is 12. The first kappa shape index (κ1) is 35.7. The van der Waals surface area contributed by atoms with Crippen LogP contribution in [0.15, 0.2) is 47.5 Å². The second-order valence-corrected chi connectivity index (χ2v) is 13.1. The maximum atomic E-state index is 14.0. The van der Waals surface area contributed by atoms with E-state index < -0.39 is 12.4 Å². The molecule has 2 heterocycles. The van der Waals surface area contributed by atoms with E-state index in [9.17, 15) is 9.59 Å². The summed E-state index contributed by atoms with van der Waals surface area (Å²) in [5.41, 5.74) is 1.12. The molecule has 9 heteroatoms. The van der Waals surface area contributed by atoms with Crippen molar-refractivity contribution in [2.45, 2.75) is 110 Å². The molecule has 2 aliphatic rings. The van der Waals surface area contributed by atoms with Crippen LogP contribution in [0.3, 0.4) is 0 Å². The van der Waals surface area contributed by atoms with Gasteiger partial charge >= 0.3 is 12.1 Å². The van der Waals surface area contributed by atoms with E-state index in [1.807, 2.05) is 24.3 Å². The maximum absolute atomic E-state index is 14.0. The molecule has 0 N–H and O–H groups in total. The van der Waals surface area contributed by atoms with E-state index >= 15 is 0 Å². The molecule has 1 fully saturated rings. The fourth-order valence-electron chi connectivity index (χ4n) is 6.16. The molecule has 1 saturated heterocycles. The summed E-state index contributed by atoms with van der Waals surface area (Å²) in [6.07, 6.45) is 14.8.